The van der Waals surface area contributed by atoms with Crippen molar-refractivity contribution in [3.8, 4) is 11.5 Å². The van der Waals surface area contributed by atoms with Gasteiger partial charge in [-0.3, -0.25) is 0 Å². The van der Waals surface area contributed by atoms with E-state index in [2.05, 4.69) is 0 Å². The van der Waals surface area contributed by atoms with Crippen LogP contribution in [0, 0.1) is 0 Å². The van der Waals surface area contributed by atoms with Crippen molar-refractivity contribution in [2.75, 3.05) is 14.2 Å². The van der Waals surface area contributed by atoms with Crippen molar-refractivity contribution in [3.05, 3.63) is 47.8 Å². The van der Waals surface area contributed by atoms with E-state index in [1.165, 1.54) is 0 Å². The number of ether oxygens (including phenoxy) is 3. The lowest BCUT2D eigenvalue weighted by molar-refractivity contribution is 0.00582. The Hall–Kier alpha value is -2.43. The van der Waals surface area contributed by atoms with E-state index in [9.17, 15) is 4.79 Å². The molecule has 0 fully saturated rings. The van der Waals surface area contributed by atoms with Gasteiger partial charge >= 0.3 is 5.97 Å². The molecule has 0 aliphatic heterocycles. The van der Waals surface area contributed by atoms with Crippen LogP contribution < -0.4 is 9.47 Å². The average Bonchev–Trinajstić information content (AvgIpc) is 2.94. The predicted molar refractivity (Wildman–Crippen MR) is 88.2 cm³/mol. The maximum absolute atomic E-state index is 12.3. The molecule has 5 nitrogen and oxygen atoms in total. The molecule has 0 saturated carbocycles. The van der Waals surface area contributed by atoms with Gasteiger partial charge in [-0.15, -0.1) is 0 Å². The minimum atomic E-state index is -0.524. The Morgan fingerprint density at radius 3 is 2.48 bits per heavy atom. The van der Waals surface area contributed by atoms with Gasteiger partial charge in [0, 0.05) is 17.8 Å². The van der Waals surface area contributed by atoms with E-state index >= 15 is 0 Å². The SMILES string of the molecule is COc1ccc(Cn2cccc2C(=O)OC(C)(C)C)c(OC)c1. The Morgan fingerprint density at radius 2 is 1.87 bits per heavy atom. The Morgan fingerprint density at radius 1 is 1.13 bits per heavy atom. The summed E-state index contributed by atoms with van der Waals surface area (Å²) in [6.45, 7) is 6.06. The molecule has 0 amide bonds. The molecule has 0 saturated heterocycles. The molecule has 0 radical (unpaired) electrons. The third-order valence-corrected chi connectivity index (χ3v) is 3.27. The first-order valence-electron chi connectivity index (χ1n) is 7.43. The van der Waals surface area contributed by atoms with Crippen LogP contribution in [-0.4, -0.2) is 30.4 Å². The maximum Gasteiger partial charge on any atom is 0.355 e. The first kappa shape index (κ1) is 16.9. The van der Waals surface area contributed by atoms with Crippen LogP contribution in [0.1, 0.15) is 36.8 Å². The first-order chi connectivity index (χ1) is 10.8. The van der Waals surface area contributed by atoms with Crippen LogP contribution in [0.15, 0.2) is 36.5 Å². The van der Waals surface area contributed by atoms with Crippen molar-refractivity contribution >= 4 is 5.97 Å². The summed E-state index contributed by atoms with van der Waals surface area (Å²) in [7, 11) is 3.23. The minimum Gasteiger partial charge on any atom is -0.497 e. The lowest BCUT2D eigenvalue weighted by Crippen LogP contribution is -2.25. The summed E-state index contributed by atoms with van der Waals surface area (Å²) < 4.78 is 17.9. The molecule has 1 heterocycles. The maximum atomic E-state index is 12.3. The van der Waals surface area contributed by atoms with Gasteiger partial charge < -0.3 is 18.8 Å². The summed E-state index contributed by atoms with van der Waals surface area (Å²) in [5.74, 6) is 1.11. The lowest BCUT2D eigenvalue weighted by Gasteiger charge is -2.20. The number of hydrogen-bond acceptors (Lipinski definition) is 4. The highest BCUT2D eigenvalue weighted by molar-refractivity contribution is 5.88. The number of methoxy groups -OCH3 is 2. The fourth-order valence-corrected chi connectivity index (χ4v) is 2.23. The van der Waals surface area contributed by atoms with Crippen LogP contribution in [0.25, 0.3) is 0 Å². The molecular weight excluding hydrogens is 294 g/mol. The van der Waals surface area contributed by atoms with Gasteiger partial charge in [0.25, 0.3) is 0 Å². The van der Waals surface area contributed by atoms with Gasteiger partial charge in [0.15, 0.2) is 0 Å². The molecule has 124 valence electrons. The monoisotopic (exact) mass is 317 g/mol. The molecule has 0 aliphatic rings. The molecular formula is C18H23NO4. The number of esters is 1. The molecule has 0 unspecified atom stereocenters. The van der Waals surface area contributed by atoms with E-state index in [0.29, 0.717) is 18.0 Å². The second-order valence-corrected chi connectivity index (χ2v) is 6.20. The smallest absolute Gasteiger partial charge is 0.355 e. The van der Waals surface area contributed by atoms with Gasteiger partial charge in [-0.25, -0.2) is 4.79 Å². The van der Waals surface area contributed by atoms with Gasteiger partial charge in [0.05, 0.1) is 20.8 Å². The van der Waals surface area contributed by atoms with Gasteiger partial charge in [0.2, 0.25) is 0 Å². The molecule has 0 N–H and O–H groups in total. The van der Waals surface area contributed by atoms with Crippen molar-refractivity contribution in [2.24, 2.45) is 0 Å². The number of rotatable bonds is 5. The summed E-state index contributed by atoms with van der Waals surface area (Å²) in [5, 5.41) is 0. The van der Waals surface area contributed by atoms with Crippen LogP contribution in [0.5, 0.6) is 11.5 Å². The first-order valence-corrected chi connectivity index (χ1v) is 7.43. The quantitative estimate of drug-likeness (QED) is 0.792. The van der Waals surface area contributed by atoms with Crippen LogP contribution in [-0.2, 0) is 11.3 Å². The average molecular weight is 317 g/mol. The fourth-order valence-electron chi connectivity index (χ4n) is 2.23. The standard InChI is InChI=1S/C18H23NO4/c1-18(2,3)23-17(20)15-7-6-10-19(15)12-13-8-9-14(21-4)11-16(13)22-5/h6-11H,12H2,1-5H3. The largest absolute Gasteiger partial charge is 0.497 e. The summed E-state index contributed by atoms with van der Waals surface area (Å²) in [4.78, 5) is 12.3. The molecule has 2 aromatic rings. The van der Waals surface area contributed by atoms with E-state index in [1.807, 2.05) is 55.8 Å². The zero-order valence-corrected chi connectivity index (χ0v) is 14.3. The van der Waals surface area contributed by atoms with E-state index in [4.69, 9.17) is 14.2 Å². The fraction of sp³-hybridized carbons (Fsp3) is 0.389. The van der Waals surface area contributed by atoms with Gasteiger partial charge in [-0.2, -0.15) is 0 Å². The molecule has 0 bridgehead atoms. The normalized spacial score (nSPS) is 11.2. The zero-order chi connectivity index (χ0) is 17.0. The third kappa shape index (κ3) is 4.28. The number of carbonyl (C=O) groups excluding carboxylic acids is 1. The summed E-state index contributed by atoms with van der Waals surface area (Å²) in [6.07, 6.45) is 1.85. The highest BCUT2D eigenvalue weighted by Crippen LogP contribution is 2.26. The van der Waals surface area contributed by atoms with Crippen LogP contribution in [0.3, 0.4) is 0 Å². The number of aromatic nitrogens is 1. The zero-order valence-electron chi connectivity index (χ0n) is 14.3. The van der Waals surface area contributed by atoms with Crippen LogP contribution in [0.2, 0.25) is 0 Å². The summed E-state index contributed by atoms with van der Waals surface area (Å²) in [5.41, 5.74) is 0.941. The molecule has 0 aliphatic carbocycles. The van der Waals surface area contributed by atoms with Crippen molar-refractivity contribution in [3.63, 3.8) is 0 Å². The van der Waals surface area contributed by atoms with Crippen molar-refractivity contribution in [1.29, 1.82) is 0 Å². The number of carbonyl (C=O) groups is 1. The second kappa shape index (κ2) is 6.77. The topological polar surface area (TPSA) is 49.7 Å². The van der Waals surface area contributed by atoms with Crippen molar-refractivity contribution in [2.45, 2.75) is 32.9 Å². The molecule has 1 aromatic heterocycles. The molecule has 0 atom stereocenters. The summed E-state index contributed by atoms with van der Waals surface area (Å²) >= 11 is 0. The third-order valence-electron chi connectivity index (χ3n) is 3.27. The minimum absolute atomic E-state index is 0.338. The van der Waals surface area contributed by atoms with E-state index in [-0.39, 0.29) is 5.97 Å². The molecule has 23 heavy (non-hydrogen) atoms. The Labute approximate surface area is 136 Å². The van der Waals surface area contributed by atoms with Crippen LogP contribution >= 0.6 is 0 Å². The predicted octanol–water partition coefficient (Wildman–Crippen LogP) is 3.51. The Balaban J connectivity index is 2.25. The second-order valence-electron chi connectivity index (χ2n) is 6.20. The van der Waals surface area contributed by atoms with Gasteiger partial charge in [-0.1, -0.05) is 0 Å². The van der Waals surface area contributed by atoms with Gasteiger partial charge in [0.1, 0.15) is 22.8 Å². The highest BCUT2D eigenvalue weighted by atomic mass is 16.6. The molecule has 0 spiro atoms. The summed E-state index contributed by atoms with van der Waals surface area (Å²) in [6, 6.07) is 9.20. The van der Waals surface area contributed by atoms with Crippen LogP contribution in [0.4, 0.5) is 0 Å². The molecule has 2 rings (SSSR count). The molecule has 5 heteroatoms. The number of benzene rings is 1. The Kier molecular flexibility index (Phi) is 4.98. The lowest BCUT2D eigenvalue weighted by atomic mass is 10.2. The number of nitrogens with zero attached hydrogens (tertiary/aromatic N) is 1. The Bertz CT molecular complexity index is 683. The van der Waals surface area contributed by atoms with E-state index < -0.39 is 5.60 Å². The van der Waals surface area contributed by atoms with E-state index in [1.54, 1.807) is 20.3 Å². The highest BCUT2D eigenvalue weighted by Gasteiger charge is 2.20. The van der Waals surface area contributed by atoms with Gasteiger partial charge in [-0.05, 0) is 45.0 Å². The molecule has 1 aromatic carbocycles. The van der Waals surface area contributed by atoms with E-state index in [0.717, 1.165) is 11.3 Å². The number of hydrogen-bond donors (Lipinski definition) is 0. The van der Waals surface area contributed by atoms with Crippen molar-refractivity contribution in [1.82, 2.24) is 4.57 Å². The van der Waals surface area contributed by atoms with Crippen molar-refractivity contribution < 1.29 is 19.0 Å².